The maximum atomic E-state index is 12.7. The van der Waals surface area contributed by atoms with E-state index in [-0.39, 0.29) is 23.5 Å². The minimum atomic E-state index is -3.04. The zero-order chi connectivity index (χ0) is 15.6. The summed E-state index contributed by atoms with van der Waals surface area (Å²) in [5.41, 5.74) is 1.51. The zero-order valence-corrected chi connectivity index (χ0v) is 13.5. The number of rotatable bonds is 4. The van der Waals surface area contributed by atoms with Gasteiger partial charge in [0.05, 0.1) is 17.1 Å². The van der Waals surface area contributed by atoms with E-state index in [1.54, 1.807) is 28.7 Å². The third-order valence-corrected chi connectivity index (χ3v) is 6.19. The summed E-state index contributed by atoms with van der Waals surface area (Å²) in [6.07, 6.45) is 3.88. The lowest BCUT2D eigenvalue weighted by molar-refractivity contribution is 0.0681. The summed E-state index contributed by atoms with van der Waals surface area (Å²) in [6.45, 7) is 0.378. The Morgan fingerprint density at radius 3 is 2.86 bits per heavy atom. The fourth-order valence-electron chi connectivity index (χ4n) is 2.63. The van der Waals surface area contributed by atoms with Gasteiger partial charge in [0.25, 0.3) is 5.91 Å². The van der Waals surface area contributed by atoms with Crippen LogP contribution in [0.25, 0.3) is 0 Å². The molecular weight excluding hydrogens is 320 g/mol. The van der Waals surface area contributed by atoms with E-state index < -0.39 is 9.84 Å². The number of carbonyl (C=O) groups excluding carboxylic acids is 1. The van der Waals surface area contributed by atoms with Crippen LogP contribution in [0.1, 0.15) is 22.3 Å². The fraction of sp³-hybridized carbons (Fsp3) is 0.333. The first-order valence-corrected chi connectivity index (χ1v) is 9.74. The van der Waals surface area contributed by atoms with Crippen LogP contribution in [0, 0.1) is 0 Å². The van der Waals surface area contributed by atoms with Crippen molar-refractivity contribution in [1.82, 2.24) is 9.88 Å². The van der Waals surface area contributed by atoms with E-state index in [9.17, 15) is 13.2 Å². The van der Waals surface area contributed by atoms with Gasteiger partial charge in [0, 0.05) is 30.4 Å². The molecule has 116 valence electrons. The molecule has 3 heterocycles. The Kier molecular flexibility index (Phi) is 4.26. The maximum Gasteiger partial charge on any atom is 0.255 e. The van der Waals surface area contributed by atoms with E-state index in [0.29, 0.717) is 18.5 Å². The highest BCUT2D eigenvalue weighted by molar-refractivity contribution is 7.91. The first kappa shape index (κ1) is 15.2. The zero-order valence-electron chi connectivity index (χ0n) is 11.9. The van der Waals surface area contributed by atoms with E-state index in [2.05, 4.69) is 4.98 Å². The van der Waals surface area contributed by atoms with Gasteiger partial charge in [-0.05, 0) is 29.5 Å². The molecule has 0 aliphatic carbocycles. The molecule has 1 aliphatic heterocycles. The van der Waals surface area contributed by atoms with Crippen LogP contribution in [0.4, 0.5) is 0 Å². The van der Waals surface area contributed by atoms with Crippen LogP contribution in [0.3, 0.4) is 0 Å². The van der Waals surface area contributed by atoms with E-state index in [1.807, 2.05) is 17.5 Å². The largest absolute Gasteiger partial charge is 0.330 e. The van der Waals surface area contributed by atoms with Gasteiger partial charge in [-0.1, -0.05) is 6.07 Å². The van der Waals surface area contributed by atoms with Crippen molar-refractivity contribution < 1.29 is 13.2 Å². The number of aromatic nitrogens is 1. The fourth-order valence-corrected chi connectivity index (χ4v) is 4.99. The predicted molar refractivity (Wildman–Crippen MR) is 85.5 cm³/mol. The number of hydrogen-bond acceptors (Lipinski definition) is 5. The highest BCUT2D eigenvalue weighted by Gasteiger charge is 2.35. The molecule has 0 saturated carbocycles. The molecule has 1 saturated heterocycles. The molecule has 0 N–H and O–H groups in total. The van der Waals surface area contributed by atoms with Gasteiger partial charge in [-0.3, -0.25) is 9.78 Å². The first-order valence-electron chi connectivity index (χ1n) is 6.98. The normalized spacial score (nSPS) is 19.9. The van der Waals surface area contributed by atoms with Crippen LogP contribution in [0.5, 0.6) is 0 Å². The summed E-state index contributed by atoms with van der Waals surface area (Å²) < 4.78 is 23.5. The minimum absolute atomic E-state index is 0.0448. The molecule has 3 rings (SSSR count). The monoisotopic (exact) mass is 336 g/mol. The van der Waals surface area contributed by atoms with Gasteiger partial charge >= 0.3 is 0 Å². The lowest BCUT2D eigenvalue weighted by Crippen LogP contribution is -2.40. The summed E-state index contributed by atoms with van der Waals surface area (Å²) in [6, 6.07) is 5.21. The second-order valence-corrected chi connectivity index (χ2v) is 8.37. The molecule has 0 unspecified atom stereocenters. The molecule has 2 aromatic rings. The Bertz CT molecular complexity index is 742. The van der Waals surface area contributed by atoms with Crippen LogP contribution in [-0.2, 0) is 16.4 Å². The standard InChI is InChI=1S/C15H16N2O3S2/c18-15(13-3-6-21-10-13)17(9-12-2-1-5-16-8-12)14-4-7-22(19,20)11-14/h1-3,5-6,8,10,14H,4,7,9,11H2/t14-/m1/s1. The first-order chi connectivity index (χ1) is 10.6. The van der Waals surface area contributed by atoms with Crippen LogP contribution in [-0.4, -0.2) is 41.8 Å². The molecule has 5 nitrogen and oxygen atoms in total. The summed E-state index contributed by atoms with van der Waals surface area (Å²) >= 11 is 1.46. The Hall–Kier alpha value is -1.73. The van der Waals surface area contributed by atoms with Crippen molar-refractivity contribution in [3.63, 3.8) is 0 Å². The van der Waals surface area contributed by atoms with Crippen molar-refractivity contribution in [3.05, 3.63) is 52.5 Å². The summed E-state index contributed by atoms with van der Waals surface area (Å²) in [4.78, 5) is 18.5. The Labute approximate surface area is 133 Å². The molecule has 0 spiro atoms. The summed E-state index contributed by atoms with van der Waals surface area (Å²) in [5.74, 6) is 0.0774. The van der Waals surface area contributed by atoms with Gasteiger partial charge in [0.1, 0.15) is 0 Å². The topological polar surface area (TPSA) is 67.3 Å². The molecule has 0 aromatic carbocycles. The predicted octanol–water partition coefficient (Wildman–Crippen LogP) is 1.97. The van der Waals surface area contributed by atoms with Crippen molar-refractivity contribution in [2.75, 3.05) is 11.5 Å². The van der Waals surface area contributed by atoms with E-state index in [1.165, 1.54) is 11.3 Å². The third kappa shape index (κ3) is 3.36. The summed E-state index contributed by atoms with van der Waals surface area (Å²) in [7, 11) is -3.04. The minimum Gasteiger partial charge on any atom is -0.330 e. The molecule has 1 atom stereocenters. The third-order valence-electron chi connectivity index (χ3n) is 3.75. The number of carbonyl (C=O) groups is 1. The van der Waals surface area contributed by atoms with Crippen LogP contribution < -0.4 is 0 Å². The number of nitrogens with zero attached hydrogens (tertiary/aromatic N) is 2. The second kappa shape index (κ2) is 6.18. The van der Waals surface area contributed by atoms with E-state index >= 15 is 0 Å². The highest BCUT2D eigenvalue weighted by Crippen LogP contribution is 2.22. The number of thiophene rings is 1. The molecule has 22 heavy (non-hydrogen) atoms. The Balaban J connectivity index is 1.87. The quantitative estimate of drug-likeness (QED) is 0.856. The molecule has 7 heteroatoms. The lowest BCUT2D eigenvalue weighted by Gasteiger charge is -2.28. The van der Waals surface area contributed by atoms with Crippen LogP contribution in [0.2, 0.25) is 0 Å². The number of sulfone groups is 1. The van der Waals surface area contributed by atoms with Gasteiger partial charge in [0.2, 0.25) is 0 Å². The van der Waals surface area contributed by atoms with Crippen molar-refractivity contribution in [2.24, 2.45) is 0 Å². The second-order valence-electron chi connectivity index (χ2n) is 5.36. The highest BCUT2D eigenvalue weighted by atomic mass is 32.2. The SMILES string of the molecule is O=C(c1ccsc1)N(Cc1cccnc1)[C@@H]1CCS(=O)(=O)C1. The van der Waals surface area contributed by atoms with Crippen molar-refractivity contribution in [3.8, 4) is 0 Å². The van der Waals surface area contributed by atoms with E-state index in [0.717, 1.165) is 5.56 Å². The van der Waals surface area contributed by atoms with Crippen LogP contribution >= 0.6 is 11.3 Å². The number of hydrogen-bond donors (Lipinski definition) is 0. The van der Waals surface area contributed by atoms with Gasteiger partial charge in [0.15, 0.2) is 9.84 Å². The Morgan fingerprint density at radius 1 is 1.41 bits per heavy atom. The number of pyridine rings is 1. The van der Waals surface area contributed by atoms with Gasteiger partial charge < -0.3 is 4.90 Å². The Morgan fingerprint density at radius 2 is 2.27 bits per heavy atom. The average molecular weight is 336 g/mol. The lowest BCUT2D eigenvalue weighted by atomic mass is 10.1. The van der Waals surface area contributed by atoms with Gasteiger partial charge in [-0.2, -0.15) is 11.3 Å². The van der Waals surface area contributed by atoms with E-state index in [4.69, 9.17) is 0 Å². The van der Waals surface area contributed by atoms with Crippen molar-refractivity contribution in [2.45, 2.75) is 19.0 Å². The number of amides is 1. The molecule has 1 fully saturated rings. The molecule has 0 radical (unpaired) electrons. The molecular formula is C15H16N2O3S2. The smallest absolute Gasteiger partial charge is 0.255 e. The van der Waals surface area contributed by atoms with Gasteiger partial charge in [-0.15, -0.1) is 0 Å². The molecule has 1 amide bonds. The molecule has 2 aromatic heterocycles. The maximum absolute atomic E-state index is 12.7. The van der Waals surface area contributed by atoms with Gasteiger partial charge in [-0.25, -0.2) is 8.42 Å². The molecule has 1 aliphatic rings. The van der Waals surface area contributed by atoms with Crippen molar-refractivity contribution in [1.29, 1.82) is 0 Å². The van der Waals surface area contributed by atoms with Crippen molar-refractivity contribution >= 4 is 27.1 Å². The molecule has 0 bridgehead atoms. The summed E-state index contributed by atoms with van der Waals surface area (Å²) in [5, 5.41) is 3.64. The van der Waals surface area contributed by atoms with Crippen LogP contribution in [0.15, 0.2) is 41.4 Å². The average Bonchev–Trinajstić information content (AvgIpc) is 3.14.